The summed E-state index contributed by atoms with van der Waals surface area (Å²) in [7, 11) is 1.76. The van der Waals surface area contributed by atoms with Crippen LogP contribution in [0.15, 0.2) is 27.8 Å². The maximum atomic E-state index is 11.9. The second-order valence-electron chi connectivity index (χ2n) is 6.11. The molecule has 0 spiro atoms. The van der Waals surface area contributed by atoms with E-state index in [9.17, 15) is 4.79 Å². The summed E-state index contributed by atoms with van der Waals surface area (Å²) < 4.78 is 5.18. The molecular formula is C16H26N4O2. The Morgan fingerprint density at radius 3 is 2.68 bits per heavy atom. The highest BCUT2D eigenvalue weighted by Crippen LogP contribution is 2.20. The highest BCUT2D eigenvalue weighted by Gasteiger charge is 2.24. The Bertz CT molecular complexity index is 488. The molecule has 1 aliphatic heterocycles. The van der Waals surface area contributed by atoms with Crippen molar-refractivity contribution < 1.29 is 9.21 Å². The molecular weight excluding hydrogens is 280 g/mol. The number of carbonyl (C=O) groups excluding carboxylic acids is 1. The van der Waals surface area contributed by atoms with Gasteiger partial charge in [-0.25, -0.2) is 0 Å². The largest absolute Gasteiger partial charge is 0.467 e. The van der Waals surface area contributed by atoms with Crippen LogP contribution < -0.4 is 10.6 Å². The molecule has 6 nitrogen and oxygen atoms in total. The molecule has 0 radical (unpaired) electrons. The van der Waals surface area contributed by atoms with Gasteiger partial charge < -0.3 is 20.0 Å². The molecule has 1 saturated heterocycles. The second kappa shape index (κ2) is 7.87. The third kappa shape index (κ3) is 4.79. The summed E-state index contributed by atoms with van der Waals surface area (Å²) in [4.78, 5) is 18.4. The first-order chi connectivity index (χ1) is 10.6. The van der Waals surface area contributed by atoms with Crippen molar-refractivity contribution in [2.45, 2.75) is 26.8 Å². The summed E-state index contributed by atoms with van der Waals surface area (Å²) in [6.45, 7) is 7.10. The minimum atomic E-state index is -0.0735. The van der Waals surface area contributed by atoms with Crippen LogP contribution in [-0.2, 0) is 11.3 Å². The van der Waals surface area contributed by atoms with Crippen LogP contribution in [0.1, 0.15) is 26.0 Å². The Hall–Kier alpha value is -1.98. The summed E-state index contributed by atoms with van der Waals surface area (Å²) in [5.74, 6) is 2.77. The molecule has 2 heterocycles. The van der Waals surface area contributed by atoms with Gasteiger partial charge in [0.05, 0.1) is 19.4 Å². The molecule has 0 bridgehead atoms. The number of piperidine rings is 1. The van der Waals surface area contributed by atoms with E-state index in [1.807, 2.05) is 6.07 Å². The lowest BCUT2D eigenvalue weighted by Crippen LogP contribution is -2.50. The molecule has 1 aromatic rings. The van der Waals surface area contributed by atoms with Gasteiger partial charge in [0.25, 0.3) is 0 Å². The van der Waals surface area contributed by atoms with Crippen LogP contribution in [0, 0.1) is 11.8 Å². The number of rotatable bonds is 4. The van der Waals surface area contributed by atoms with E-state index < -0.39 is 0 Å². The third-order valence-electron chi connectivity index (χ3n) is 3.83. The normalized spacial score (nSPS) is 22.5. The van der Waals surface area contributed by atoms with Crippen LogP contribution in [0.2, 0.25) is 0 Å². The van der Waals surface area contributed by atoms with Crippen molar-refractivity contribution in [2.24, 2.45) is 16.8 Å². The molecule has 2 rings (SSSR count). The van der Waals surface area contributed by atoms with Gasteiger partial charge in [-0.15, -0.1) is 0 Å². The maximum Gasteiger partial charge on any atom is 0.239 e. The fourth-order valence-electron chi connectivity index (χ4n) is 2.99. The van der Waals surface area contributed by atoms with E-state index in [4.69, 9.17) is 4.42 Å². The third-order valence-corrected chi connectivity index (χ3v) is 3.83. The molecule has 1 aromatic heterocycles. The molecule has 1 fully saturated rings. The van der Waals surface area contributed by atoms with Crippen molar-refractivity contribution in [1.82, 2.24) is 15.5 Å². The smallest absolute Gasteiger partial charge is 0.239 e. The number of hydrogen-bond donors (Lipinski definition) is 2. The highest BCUT2D eigenvalue weighted by atomic mass is 16.3. The molecule has 22 heavy (non-hydrogen) atoms. The minimum absolute atomic E-state index is 0.0735. The molecule has 6 heteroatoms. The van der Waals surface area contributed by atoms with E-state index in [1.54, 1.807) is 19.4 Å². The Morgan fingerprint density at radius 1 is 1.36 bits per heavy atom. The quantitative estimate of drug-likeness (QED) is 0.652. The average Bonchev–Trinajstić information content (AvgIpc) is 2.98. The van der Waals surface area contributed by atoms with Gasteiger partial charge in [0.1, 0.15) is 5.76 Å². The Morgan fingerprint density at radius 2 is 2.09 bits per heavy atom. The predicted octanol–water partition coefficient (Wildman–Crippen LogP) is 1.45. The van der Waals surface area contributed by atoms with Crippen molar-refractivity contribution in [2.75, 3.05) is 26.7 Å². The van der Waals surface area contributed by atoms with E-state index in [2.05, 4.69) is 34.4 Å². The number of aliphatic imine (C=N–C) groups is 1. The van der Waals surface area contributed by atoms with E-state index in [0.717, 1.165) is 24.8 Å². The van der Waals surface area contributed by atoms with Gasteiger partial charge in [0.15, 0.2) is 5.96 Å². The average molecular weight is 306 g/mol. The summed E-state index contributed by atoms with van der Waals surface area (Å²) in [5.41, 5.74) is 0. The first kappa shape index (κ1) is 16.4. The van der Waals surface area contributed by atoms with Crippen molar-refractivity contribution in [1.29, 1.82) is 0 Å². The van der Waals surface area contributed by atoms with E-state index >= 15 is 0 Å². The number of guanidine groups is 1. The van der Waals surface area contributed by atoms with Crippen LogP contribution in [-0.4, -0.2) is 43.4 Å². The van der Waals surface area contributed by atoms with Crippen LogP contribution in [0.25, 0.3) is 0 Å². The Balaban J connectivity index is 1.77. The molecule has 1 aliphatic rings. The number of amides is 1. The highest BCUT2D eigenvalue weighted by molar-refractivity contribution is 5.86. The molecule has 0 aliphatic carbocycles. The van der Waals surface area contributed by atoms with E-state index in [1.165, 1.54) is 6.42 Å². The van der Waals surface area contributed by atoms with Gasteiger partial charge in [-0.3, -0.25) is 9.79 Å². The molecule has 1 amide bonds. The standard InChI is InChI=1S/C16H26N4O2/c1-12-7-13(2)11-20(10-12)16(17-3)19-9-15(21)18-8-14-5-4-6-22-14/h4-6,12-13H,7-11H2,1-3H3,(H,17,19)(H,18,21). The first-order valence-electron chi connectivity index (χ1n) is 7.83. The number of nitrogens with zero attached hydrogens (tertiary/aromatic N) is 2. The van der Waals surface area contributed by atoms with Crippen LogP contribution >= 0.6 is 0 Å². The molecule has 2 N–H and O–H groups in total. The van der Waals surface area contributed by atoms with Gasteiger partial charge in [0, 0.05) is 20.1 Å². The number of nitrogens with one attached hydrogen (secondary N) is 2. The second-order valence-corrected chi connectivity index (χ2v) is 6.11. The SMILES string of the molecule is CN=C(NCC(=O)NCc1ccco1)N1CC(C)CC(C)C1. The van der Waals surface area contributed by atoms with Crippen LogP contribution in [0.4, 0.5) is 0 Å². The molecule has 122 valence electrons. The fourth-order valence-corrected chi connectivity index (χ4v) is 2.99. The Kier molecular flexibility index (Phi) is 5.86. The van der Waals surface area contributed by atoms with E-state index in [0.29, 0.717) is 18.4 Å². The number of likely N-dealkylation sites (tertiary alicyclic amines) is 1. The zero-order chi connectivity index (χ0) is 15.9. The predicted molar refractivity (Wildman–Crippen MR) is 86.4 cm³/mol. The lowest BCUT2D eigenvalue weighted by atomic mass is 9.92. The summed E-state index contributed by atoms with van der Waals surface area (Å²) >= 11 is 0. The van der Waals surface area contributed by atoms with Gasteiger partial charge in [-0.2, -0.15) is 0 Å². The summed E-state index contributed by atoms with van der Waals surface area (Å²) in [6.07, 6.45) is 2.84. The van der Waals surface area contributed by atoms with Crippen molar-refractivity contribution in [3.63, 3.8) is 0 Å². The molecule has 2 atom stereocenters. The minimum Gasteiger partial charge on any atom is -0.467 e. The van der Waals surface area contributed by atoms with E-state index in [-0.39, 0.29) is 12.5 Å². The van der Waals surface area contributed by atoms with Gasteiger partial charge in [0.2, 0.25) is 5.91 Å². The Labute approximate surface area is 132 Å². The van der Waals surface area contributed by atoms with Crippen molar-refractivity contribution in [3.05, 3.63) is 24.2 Å². The summed E-state index contributed by atoms with van der Waals surface area (Å²) in [6, 6.07) is 3.64. The van der Waals surface area contributed by atoms with Crippen LogP contribution in [0.3, 0.4) is 0 Å². The van der Waals surface area contributed by atoms with Crippen molar-refractivity contribution in [3.8, 4) is 0 Å². The topological polar surface area (TPSA) is 69.9 Å². The van der Waals surface area contributed by atoms with Gasteiger partial charge in [-0.05, 0) is 30.4 Å². The number of furan rings is 1. The molecule has 0 aromatic carbocycles. The lowest BCUT2D eigenvalue weighted by molar-refractivity contribution is -0.120. The molecule has 0 saturated carbocycles. The fraction of sp³-hybridized carbons (Fsp3) is 0.625. The number of hydrogen-bond acceptors (Lipinski definition) is 3. The molecule has 2 unspecified atom stereocenters. The van der Waals surface area contributed by atoms with Gasteiger partial charge >= 0.3 is 0 Å². The first-order valence-corrected chi connectivity index (χ1v) is 7.83. The number of carbonyl (C=O) groups is 1. The van der Waals surface area contributed by atoms with Crippen LogP contribution in [0.5, 0.6) is 0 Å². The zero-order valence-corrected chi connectivity index (χ0v) is 13.6. The summed E-state index contributed by atoms with van der Waals surface area (Å²) in [5, 5.41) is 5.96. The van der Waals surface area contributed by atoms with Crippen molar-refractivity contribution >= 4 is 11.9 Å². The van der Waals surface area contributed by atoms with Gasteiger partial charge in [-0.1, -0.05) is 13.8 Å². The zero-order valence-electron chi connectivity index (χ0n) is 13.6. The monoisotopic (exact) mass is 306 g/mol. The maximum absolute atomic E-state index is 11.9. The lowest BCUT2D eigenvalue weighted by Gasteiger charge is -2.37.